The summed E-state index contributed by atoms with van der Waals surface area (Å²) in [5.41, 5.74) is 0.804. The maximum absolute atomic E-state index is 13.2. The molecule has 6 nitrogen and oxygen atoms in total. The van der Waals surface area contributed by atoms with Gasteiger partial charge in [-0.05, 0) is 29.8 Å². The van der Waals surface area contributed by atoms with Gasteiger partial charge in [0.2, 0.25) is 0 Å². The number of aliphatic imine (C=N–C) groups is 1. The summed E-state index contributed by atoms with van der Waals surface area (Å²) in [6.07, 6.45) is 0. The average molecular weight is 385 g/mol. The van der Waals surface area contributed by atoms with E-state index in [0.717, 1.165) is 10.4 Å². The molecule has 25 heavy (non-hydrogen) atoms. The van der Waals surface area contributed by atoms with Crippen molar-refractivity contribution in [2.75, 3.05) is 21.1 Å². The molecule has 0 bridgehead atoms. The maximum atomic E-state index is 13.2. The van der Waals surface area contributed by atoms with Crippen LogP contribution in [0.5, 0.6) is 0 Å². The van der Waals surface area contributed by atoms with Crippen molar-refractivity contribution in [2.24, 2.45) is 4.99 Å². The molecule has 2 N–H and O–H groups in total. The van der Waals surface area contributed by atoms with Crippen LogP contribution in [0.2, 0.25) is 0 Å². The molecule has 0 atom stereocenters. The number of rotatable bonds is 6. The van der Waals surface area contributed by atoms with Crippen molar-refractivity contribution in [1.82, 2.24) is 14.9 Å². The molecule has 2 aromatic rings. The van der Waals surface area contributed by atoms with Crippen LogP contribution in [0.25, 0.3) is 0 Å². The van der Waals surface area contributed by atoms with Gasteiger partial charge in [0.15, 0.2) is 5.96 Å². The fraction of sp³-hybridized carbons (Fsp3) is 0.312. The first-order chi connectivity index (χ1) is 11.8. The molecule has 9 heteroatoms. The number of sulfonamides is 1. The second-order valence-corrected chi connectivity index (χ2v) is 8.96. The quantitative estimate of drug-likeness (QED) is 0.590. The Morgan fingerprint density at radius 3 is 2.56 bits per heavy atom. The molecular formula is C16H21FN4O2S2. The number of nitrogens with one attached hydrogen (secondary N) is 2. The monoisotopic (exact) mass is 384 g/mol. The zero-order valence-electron chi connectivity index (χ0n) is 14.3. The predicted molar refractivity (Wildman–Crippen MR) is 98.6 cm³/mol. The minimum Gasteiger partial charge on any atom is -0.352 e. The normalized spacial score (nSPS) is 12.4. The molecule has 0 saturated carbocycles. The summed E-state index contributed by atoms with van der Waals surface area (Å²) >= 11 is 1.21. The highest BCUT2D eigenvalue weighted by Gasteiger charge is 2.19. The number of hydrogen-bond donors (Lipinski definition) is 2. The summed E-state index contributed by atoms with van der Waals surface area (Å²) in [7, 11) is 1.24. The van der Waals surface area contributed by atoms with Gasteiger partial charge in [-0.2, -0.15) is 0 Å². The van der Waals surface area contributed by atoms with Crippen molar-refractivity contribution in [1.29, 1.82) is 0 Å². The first-order valence-electron chi connectivity index (χ1n) is 7.53. The molecular weight excluding hydrogens is 363 g/mol. The molecule has 0 aliphatic heterocycles. The lowest BCUT2D eigenvalue weighted by Gasteiger charge is -2.11. The largest absolute Gasteiger partial charge is 0.352 e. The Kier molecular flexibility index (Phi) is 6.51. The van der Waals surface area contributed by atoms with Gasteiger partial charge in [-0.15, -0.1) is 11.3 Å². The topological polar surface area (TPSA) is 73.8 Å². The van der Waals surface area contributed by atoms with Gasteiger partial charge in [0.05, 0.1) is 6.54 Å². The van der Waals surface area contributed by atoms with Gasteiger partial charge in [0.1, 0.15) is 10.0 Å². The lowest BCUT2D eigenvalue weighted by Crippen LogP contribution is -2.36. The predicted octanol–water partition coefficient (Wildman–Crippen LogP) is 2.00. The molecule has 0 aliphatic carbocycles. The summed E-state index contributed by atoms with van der Waals surface area (Å²) in [5.74, 6) is 0.269. The molecule has 1 aromatic heterocycles. The first-order valence-corrected chi connectivity index (χ1v) is 9.79. The van der Waals surface area contributed by atoms with Crippen LogP contribution in [0, 0.1) is 5.82 Å². The zero-order chi connectivity index (χ0) is 18.4. The second kappa shape index (κ2) is 8.41. The standard InChI is InChI=1S/C16H21FN4O2S2/c1-18-16(19-10-12-5-4-6-13(17)9-12)20-11-14-7-8-15(24-14)25(22,23)21(2)3/h4-9H,10-11H2,1-3H3,(H2,18,19,20). The van der Waals surface area contributed by atoms with Gasteiger partial charge in [-0.1, -0.05) is 12.1 Å². The smallest absolute Gasteiger partial charge is 0.252 e. The van der Waals surface area contributed by atoms with E-state index in [4.69, 9.17) is 0 Å². The number of guanidine groups is 1. The highest BCUT2D eigenvalue weighted by molar-refractivity contribution is 7.91. The van der Waals surface area contributed by atoms with Crippen molar-refractivity contribution in [2.45, 2.75) is 17.3 Å². The van der Waals surface area contributed by atoms with Crippen LogP contribution in [0.4, 0.5) is 4.39 Å². The molecule has 0 aliphatic rings. The second-order valence-electron chi connectivity index (χ2n) is 5.42. The van der Waals surface area contributed by atoms with Gasteiger partial charge in [0.25, 0.3) is 10.0 Å². The summed E-state index contributed by atoms with van der Waals surface area (Å²) in [4.78, 5) is 4.97. The minimum atomic E-state index is -3.41. The van der Waals surface area contributed by atoms with Crippen LogP contribution in [-0.4, -0.2) is 39.8 Å². The van der Waals surface area contributed by atoms with Crippen molar-refractivity contribution < 1.29 is 12.8 Å². The van der Waals surface area contributed by atoms with E-state index in [1.54, 1.807) is 25.2 Å². The Morgan fingerprint density at radius 2 is 1.92 bits per heavy atom. The summed E-state index contributed by atoms with van der Waals surface area (Å²) in [6.45, 7) is 0.874. The lowest BCUT2D eigenvalue weighted by atomic mass is 10.2. The zero-order valence-corrected chi connectivity index (χ0v) is 15.9. The molecule has 0 radical (unpaired) electrons. The van der Waals surface area contributed by atoms with Gasteiger partial charge < -0.3 is 10.6 Å². The molecule has 0 fully saturated rings. The number of benzene rings is 1. The minimum absolute atomic E-state index is 0.282. The molecule has 1 aromatic carbocycles. The van der Waals surface area contributed by atoms with E-state index in [1.165, 1.54) is 41.9 Å². The van der Waals surface area contributed by atoms with E-state index in [1.807, 2.05) is 6.07 Å². The van der Waals surface area contributed by atoms with Crippen molar-refractivity contribution in [3.63, 3.8) is 0 Å². The van der Waals surface area contributed by atoms with E-state index in [2.05, 4.69) is 15.6 Å². The third kappa shape index (κ3) is 5.25. The van der Waals surface area contributed by atoms with Gasteiger partial charge >= 0.3 is 0 Å². The van der Waals surface area contributed by atoms with Crippen molar-refractivity contribution >= 4 is 27.3 Å². The Labute approximate surface area is 151 Å². The lowest BCUT2D eigenvalue weighted by molar-refractivity contribution is 0.523. The maximum Gasteiger partial charge on any atom is 0.252 e. The Morgan fingerprint density at radius 1 is 1.20 bits per heavy atom. The molecule has 2 rings (SSSR count). The molecule has 0 spiro atoms. The number of halogens is 1. The van der Waals surface area contributed by atoms with Crippen molar-refractivity contribution in [3.05, 3.63) is 52.7 Å². The van der Waals surface area contributed by atoms with Crippen LogP contribution >= 0.6 is 11.3 Å². The van der Waals surface area contributed by atoms with E-state index >= 15 is 0 Å². The van der Waals surface area contributed by atoms with Gasteiger partial charge in [-0.25, -0.2) is 17.1 Å². The fourth-order valence-corrected chi connectivity index (χ4v) is 4.46. The highest BCUT2D eigenvalue weighted by atomic mass is 32.2. The van der Waals surface area contributed by atoms with Crippen LogP contribution in [0.3, 0.4) is 0 Å². The van der Waals surface area contributed by atoms with Gasteiger partial charge in [-0.3, -0.25) is 4.99 Å². The fourth-order valence-electron chi connectivity index (χ4n) is 2.00. The molecule has 0 unspecified atom stereocenters. The van der Waals surface area contributed by atoms with E-state index in [0.29, 0.717) is 23.3 Å². The number of hydrogen-bond acceptors (Lipinski definition) is 4. The summed E-state index contributed by atoms with van der Waals surface area (Å²) < 4.78 is 38.8. The molecule has 0 saturated heterocycles. The Balaban J connectivity index is 1.92. The number of thiophene rings is 1. The van der Waals surface area contributed by atoms with Crippen LogP contribution in [-0.2, 0) is 23.1 Å². The molecule has 136 valence electrons. The summed E-state index contributed by atoms with van der Waals surface area (Å²) in [5, 5.41) is 6.20. The van der Waals surface area contributed by atoms with Crippen LogP contribution in [0.15, 0.2) is 45.6 Å². The van der Waals surface area contributed by atoms with Crippen LogP contribution < -0.4 is 10.6 Å². The third-order valence-corrected chi connectivity index (χ3v) is 6.74. The van der Waals surface area contributed by atoms with Crippen LogP contribution in [0.1, 0.15) is 10.4 Å². The SMILES string of the molecule is CN=C(NCc1cccc(F)c1)NCc1ccc(S(=O)(=O)N(C)C)s1. The average Bonchev–Trinajstić information content (AvgIpc) is 3.04. The van der Waals surface area contributed by atoms with Gasteiger partial charge in [0, 0.05) is 32.6 Å². The molecule has 1 heterocycles. The Hall–Kier alpha value is -1.97. The first kappa shape index (κ1) is 19.4. The van der Waals surface area contributed by atoms with E-state index in [9.17, 15) is 12.8 Å². The third-order valence-electron chi connectivity index (χ3n) is 3.37. The van der Waals surface area contributed by atoms with E-state index < -0.39 is 10.0 Å². The molecule has 0 amide bonds. The highest BCUT2D eigenvalue weighted by Crippen LogP contribution is 2.23. The van der Waals surface area contributed by atoms with Crippen molar-refractivity contribution in [3.8, 4) is 0 Å². The number of nitrogens with zero attached hydrogens (tertiary/aromatic N) is 2. The Bertz CT molecular complexity index is 847. The summed E-state index contributed by atoms with van der Waals surface area (Å²) in [6, 6.07) is 9.69. The van der Waals surface area contributed by atoms with E-state index in [-0.39, 0.29) is 5.82 Å².